The lowest BCUT2D eigenvalue weighted by molar-refractivity contribution is 0.745. The van der Waals surface area contributed by atoms with Gasteiger partial charge in [0.25, 0.3) is 0 Å². The van der Waals surface area contributed by atoms with E-state index >= 15 is 0 Å². The Labute approximate surface area is 103 Å². The minimum atomic E-state index is 0.757. The molecule has 0 saturated carbocycles. The van der Waals surface area contributed by atoms with E-state index < -0.39 is 0 Å². The quantitative estimate of drug-likeness (QED) is 0.589. The van der Waals surface area contributed by atoms with Crippen molar-refractivity contribution in [2.75, 3.05) is 17.7 Å². The van der Waals surface area contributed by atoms with Crippen LogP contribution >= 0.6 is 11.6 Å². The van der Waals surface area contributed by atoms with E-state index in [4.69, 9.17) is 11.6 Å². The summed E-state index contributed by atoms with van der Waals surface area (Å²) in [6.45, 7) is 4.99. The molecule has 3 nitrogen and oxygen atoms in total. The second-order valence-electron chi connectivity index (χ2n) is 3.82. The van der Waals surface area contributed by atoms with E-state index in [-0.39, 0.29) is 0 Å². The lowest BCUT2D eigenvalue weighted by Gasteiger charge is -2.07. The number of nitrogens with zero attached hydrogens (tertiary/aromatic N) is 2. The molecule has 1 rings (SSSR count). The van der Waals surface area contributed by atoms with Crippen LogP contribution in [0.25, 0.3) is 0 Å². The van der Waals surface area contributed by atoms with E-state index in [1.165, 1.54) is 6.42 Å². The lowest BCUT2D eigenvalue weighted by atomic mass is 10.2. The molecule has 4 heteroatoms. The van der Waals surface area contributed by atoms with Crippen LogP contribution in [0.3, 0.4) is 0 Å². The first kappa shape index (κ1) is 13.2. The normalized spacial score (nSPS) is 10.4. The maximum atomic E-state index is 5.62. The highest BCUT2D eigenvalue weighted by molar-refractivity contribution is 6.17. The molecule has 0 aliphatic rings. The molecule has 90 valence electrons. The highest BCUT2D eigenvalue weighted by Crippen LogP contribution is 2.07. The van der Waals surface area contributed by atoms with Gasteiger partial charge in [0.15, 0.2) is 0 Å². The van der Waals surface area contributed by atoms with Crippen LogP contribution in [0.1, 0.15) is 37.7 Å². The second-order valence-corrected chi connectivity index (χ2v) is 4.20. The topological polar surface area (TPSA) is 37.8 Å². The van der Waals surface area contributed by atoms with Gasteiger partial charge in [0.1, 0.15) is 11.6 Å². The van der Waals surface area contributed by atoms with Gasteiger partial charge in [-0.3, -0.25) is 0 Å². The second kappa shape index (κ2) is 7.44. The Balaban J connectivity index is 2.38. The number of aromatic nitrogens is 2. The van der Waals surface area contributed by atoms with Gasteiger partial charge in [0.05, 0.1) is 0 Å². The van der Waals surface area contributed by atoms with Crippen molar-refractivity contribution >= 4 is 17.4 Å². The van der Waals surface area contributed by atoms with Crippen molar-refractivity contribution in [3.63, 3.8) is 0 Å². The van der Waals surface area contributed by atoms with Crippen LogP contribution in [0.4, 0.5) is 5.82 Å². The fourth-order valence-corrected chi connectivity index (χ4v) is 1.70. The summed E-state index contributed by atoms with van der Waals surface area (Å²) >= 11 is 5.62. The summed E-state index contributed by atoms with van der Waals surface area (Å²) in [6.07, 6.45) is 4.34. The molecule has 0 saturated heterocycles. The fourth-order valence-electron chi connectivity index (χ4n) is 1.51. The largest absolute Gasteiger partial charge is 0.370 e. The summed E-state index contributed by atoms with van der Waals surface area (Å²) in [4.78, 5) is 8.69. The summed E-state index contributed by atoms with van der Waals surface area (Å²) in [6, 6.07) is 2.02. The summed E-state index contributed by atoms with van der Waals surface area (Å²) in [7, 11) is 0. The average Bonchev–Trinajstić information content (AvgIpc) is 2.28. The van der Waals surface area contributed by atoms with E-state index in [1.54, 1.807) is 0 Å². The number of anilines is 1. The van der Waals surface area contributed by atoms with Gasteiger partial charge in [-0.1, -0.05) is 13.3 Å². The van der Waals surface area contributed by atoms with Gasteiger partial charge in [-0.25, -0.2) is 9.97 Å². The molecular formula is C12H20ClN3. The molecule has 0 spiro atoms. The highest BCUT2D eigenvalue weighted by atomic mass is 35.5. The van der Waals surface area contributed by atoms with E-state index in [9.17, 15) is 0 Å². The molecule has 0 aliphatic heterocycles. The SMILES string of the molecule is CCc1cc(NCCCCCCl)nc(C)n1. The Morgan fingerprint density at radius 2 is 2.06 bits per heavy atom. The van der Waals surface area contributed by atoms with Gasteiger partial charge in [0, 0.05) is 24.2 Å². The zero-order valence-electron chi connectivity index (χ0n) is 10.1. The predicted octanol–water partition coefficient (Wildman–Crippen LogP) is 3.17. The summed E-state index contributed by atoms with van der Waals surface area (Å²) in [5, 5.41) is 3.32. The summed E-state index contributed by atoms with van der Waals surface area (Å²) in [5.41, 5.74) is 1.09. The third kappa shape index (κ3) is 4.79. The minimum Gasteiger partial charge on any atom is -0.370 e. The predicted molar refractivity (Wildman–Crippen MR) is 69.2 cm³/mol. The molecular weight excluding hydrogens is 222 g/mol. The van der Waals surface area contributed by atoms with E-state index in [1.807, 2.05) is 13.0 Å². The van der Waals surface area contributed by atoms with Crippen LogP contribution in [0, 0.1) is 6.92 Å². The molecule has 1 heterocycles. The van der Waals surface area contributed by atoms with Gasteiger partial charge < -0.3 is 5.32 Å². The van der Waals surface area contributed by atoms with Crippen LogP contribution < -0.4 is 5.32 Å². The van der Waals surface area contributed by atoms with Crippen molar-refractivity contribution in [1.29, 1.82) is 0 Å². The maximum absolute atomic E-state index is 5.62. The molecule has 1 aromatic heterocycles. The van der Waals surface area contributed by atoms with Crippen LogP contribution in [-0.2, 0) is 6.42 Å². The van der Waals surface area contributed by atoms with Gasteiger partial charge in [-0.05, 0) is 26.2 Å². The molecule has 0 aliphatic carbocycles. The average molecular weight is 242 g/mol. The van der Waals surface area contributed by atoms with Crippen LogP contribution in [0.2, 0.25) is 0 Å². The van der Waals surface area contributed by atoms with Crippen molar-refractivity contribution < 1.29 is 0 Å². The smallest absolute Gasteiger partial charge is 0.129 e. The van der Waals surface area contributed by atoms with E-state index in [2.05, 4.69) is 22.2 Å². The Kier molecular flexibility index (Phi) is 6.16. The molecule has 0 bridgehead atoms. The summed E-state index contributed by atoms with van der Waals surface area (Å²) < 4.78 is 0. The van der Waals surface area contributed by atoms with E-state index in [0.29, 0.717) is 0 Å². The first-order chi connectivity index (χ1) is 7.76. The van der Waals surface area contributed by atoms with Crippen LogP contribution in [0.15, 0.2) is 6.07 Å². The number of rotatable bonds is 7. The molecule has 0 radical (unpaired) electrons. The number of aryl methyl sites for hydroxylation is 2. The molecule has 16 heavy (non-hydrogen) atoms. The minimum absolute atomic E-state index is 0.757. The Morgan fingerprint density at radius 3 is 2.75 bits per heavy atom. The zero-order chi connectivity index (χ0) is 11.8. The van der Waals surface area contributed by atoms with Crippen molar-refractivity contribution in [3.8, 4) is 0 Å². The fraction of sp³-hybridized carbons (Fsp3) is 0.667. The molecule has 1 aromatic rings. The third-order valence-corrected chi connectivity index (χ3v) is 2.64. The molecule has 0 amide bonds. The first-order valence-corrected chi connectivity index (χ1v) is 6.44. The molecule has 1 N–H and O–H groups in total. The maximum Gasteiger partial charge on any atom is 0.129 e. The van der Waals surface area contributed by atoms with Crippen molar-refractivity contribution in [3.05, 3.63) is 17.6 Å². The van der Waals surface area contributed by atoms with E-state index in [0.717, 1.165) is 49.0 Å². The number of nitrogens with one attached hydrogen (secondary N) is 1. The molecule has 0 unspecified atom stereocenters. The third-order valence-electron chi connectivity index (χ3n) is 2.37. The van der Waals surface area contributed by atoms with Gasteiger partial charge in [-0.2, -0.15) is 0 Å². The number of hydrogen-bond donors (Lipinski definition) is 1. The van der Waals surface area contributed by atoms with Gasteiger partial charge in [-0.15, -0.1) is 11.6 Å². The van der Waals surface area contributed by atoms with Crippen molar-refractivity contribution in [2.45, 2.75) is 39.5 Å². The number of unbranched alkanes of at least 4 members (excludes halogenated alkanes) is 2. The van der Waals surface area contributed by atoms with Crippen molar-refractivity contribution in [1.82, 2.24) is 9.97 Å². The molecule has 0 atom stereocenters. The Morgan fingerprint density at radius 1 is 1.25 bits per heavy atom. The van der Waals surface area contributed by atoms with Crippen LogP contribution in [-0.4, -0.2) is 22.4 Å². The van der Waals surface area contributed by atoms with Crippen molar-refractivity contribution in [2.24, 2.45) is 0 Å². The van der Waals surface area contributed by atoms with Crippen LogP contribution in [0.5, 0.6) is 0 Å². The molecule has 0 fully saturated rings. The Hall–Kier alpha value is -0.830. The summed E-state index contributed by atoms with van der Waals surface area (Å²) in [5.74, 6) is 2.53. The zero-order valence-corrected chi connectivity index (χ0v) is 10.8. The standard InChI is InChI=1S/C12H20ClN3/c1-3-11-9-12(16-10(2)15-11)14-8-6-4-5-7-13/h9H,3-8H2,1-2H3,(H,14,15,16). The number of halogens is 1. The highest BCUT2D eigenvalue weighted by Gasteiger charge is 1.99. The molecule has 0 aromatic carbocycles. The first-order valence-electron chi connectivity index (χ1n) is 5.90. The lowest BCUT2D eigenvalue weighted by Crippen LogP contribution is -2.06. The monoisotopic (exact) mass is 241 g/mol. The number of hydrogen-bond acceptors (Lipinski definition) is 3. The number of alkyl halides is 1. The van der Waals surface area contributed by atoms with Gasteiger partial charge >= 0.3 is 0 Å². The Bertz CT molecular complexity index is 315. The van der Waals surface area contributed by atoms with Gasteiger partial charge in [0.2, 0.25) is 0 Å².